The van der Waals surface area contributed by atoms with Crippen LogP contribution in [0.4, 0.5) is 16.6 Å². The molecule has 1 aliphatic carbocycles. The van der Waals surface area contributed by atoms with E-state index in [1.54, 1.807) is 11.1 Å². The Bertz CT molecular complexity index is 554. The van der Waals surface area contributed by atoms with Crippen molar-refractivity contribution in [1.29, 1.82) is 0 Å². The van der Waals surface area contributed by atoms with Crippen LogP contribution >= 0.6 is 0 Å². The third-order valence-electron chi connectivity index (χ3n) is 4.84. The lowest BCUT2D eigenvalue weighted by Gasteiger charge is -2.33. The monoisotopic (exact) mass is 348 g/mol. The molecule has 1 aromatic heterocycles. The first-order valence-electron chi connectivity index (χ1n) is 9.39. The quantitative estimate of drug-likeness (QED) is 0.836. The summed E-state index contributed by atoms with van der Waals surface area (Å²) in [6, 6.07) is 0.479. The first-order valence-corrected chi connectivity index (χ1v) is 9.39. The largest absolute Gasteiger partial charge is 0.450 e. The van der Waals surface area contributed by atoms with E-state index in [0.29, 0.717) is 44.8 Å². The minimum atomic E-state index is -0.245. The maximum atomic E-state index is 11.8. The summed E-state index contributed by atoms with van der Waals surface area (Å²) in [7, 11) is 0. The first-order chi connectivity index (χ1) is 12.3. The van der Waals surface area contributed by atoms with Crippen molar-refractivity contribution >= 4 is 17.9 Å². The van der Waals surface area contributed by atoms with Gasteiger partial charge in [0.2, 0.25) is 5.95 Å². The summed E-state index contributed by atoms with van der Waals surface area (Å²) < 4.78 is 5.05. The summed E-state index contributed by atoms with van der Waals surface area (Å²) in [5.74, 6) is 1.42. The molecule has 1 saturated carbocycles. The Morgan fingerprint density at radius 2 is 1.92 bits per heavy atom. The summed E-state index contributed by atoms with van der Waals surface area (Å²) in [6.45, 7) is 4.83. The van der Waals surface area contributed by atoms with Crippen LogP contribution in [-0.4, -0.2) is 65.0 Å². The standard InChI is InChI=1S/C17H28N6O2/c1-2-25-17(24)23-11-9-22(10-12-23)16-20-15(13-18-21-16)19-14-7-5-3-4-6-8-14/h13-14H,2-12H2,1H3,(H,19,20,21). The first kappa shape index (κ1) is 17.7. The predicted molar refractivity (Wildman–Crippen MR) is 95.7 cm³/mol. The third kappa shape index (κ3) is 4.93. The van der Waals surface area contributed by atoms with Crippen LogP contribution in [0, 0.1) is 0 Å². The fraction of sp³-hybridized carbons (Fsp3) is 0.765. The van der Waals surface area contributed by atoms with Gasteiger partial charge in [-0.15, -0.1) is 5.10 Å². The molecule has 0 aromatic carbocycles. The van der Waals surface area contributed by atoms with Crippen molar-refractivity contribution in [1.82, 2.24) is 20.1 Å². The molecule has 3 rings (SSSR count). The van der Waals surface area contributed by atoms with Crippen molar-refractivity contribution in [3.8, 4) is 0 Å². The molecule has 1 N–H and O–H groups in total. The van der Waals surface area contributed by atoms with E-state index >= 15 is 0 Å². The zero-order valence-electron chi connectivity index (χ0n) is 15.0. The molecule has 1 amide bonds. The molecule has 2 aliphatic rings. The molecule has 1 saturated heterocycles. The Labute approximate surface area is 149 Å². The number of hydrogen-bond acceptors (Lipinski definition) is 7. The Morgan fingerprint density at radius 1 is 1.20 bits per heavy atom. The SMILES string of the molecule is CCOC(=O)N1CCN(c2nncc(NC3CCCCCC3)n2)CC1. The topological polar surface area (TPSA) is 83.5 Å². The lowest BCUT2D eigenvalue weighted by Crippen LogP contribution is -2.49. The molecular formula is C17H28N6O2. The van der Waals surface area contributed by atoms with E-state index < -0.39 is 0 Å². The van der Waals surface area contributed by atoms with Crippen LogP contribution < -0.4 is 10.2 Å². The van der Waals surface area contributed by atoms with E-state index in [2.05, 4.69) is 25.4 Å². The number of carbonyl (C=O) groups excluding carboxylic acids is 1. The maximum absolute atomic E-state index is 11.8. The Kier molecular flexibility index (Phi) is 6.25. The van der Waals surface area contributed by atoms with Gasteiger partial charge in [0.25, 0.3) is 0 Å². The van der Waals surface area contributed by atoms with Crippen LogP contribution in [0.25, 0.3) is 0 Å². The maximum Gasteiger partial charge on any atom is 0.409 e. The molecule has 0 unspecified atom stereocenters. The van der Waals surface area contributed by atoms with Gasteiger partial charge in [0.15, 0.2) is 5.82 Å². The van der Waals surface area contributed by atoms with Gasteiger partial charge in [-0.3, -0.25) is 0 Å². The molecule has 8 heteroatoms. The highest BCUT2D eigenvalue weighted by Crippen LogP contribution is 2.21. The Balaban J connectivity index is 1.55. The molecule has 25 heavy (non-hydrogen) atoms. The van der Waals surface area contributed by atoms with Crippen molar-refractivity contribution in [2.24, 2.45) is 0 Å². The summed E-state index contributed by atoms with van der Waals surface area (Å²) in [4.78, 5) is 20.2. The molecule has 0 atom stereocenters. The van der Waals surface area contributed by atoms with Crippen molar-refractivity contribution in [3.63, 3.8) is 0 Å². The molecule has 2 fully saturated rings. The molecular weight excluding hydrogens is 320 g/mol. The van der Waals surface area contributed by atoms with Gasteiger partial charge >= 0.3 is 6.09 Å². The summed E-state index contributed by atoms with van der Waals surface area (Å²) in [5, 5.41) is 11.8. The Morgan fingerprint density at radius 3 is 2.60 bits per heavy atom. The van der Waals surface area contributed by atoms with Gasteiger partial charge in [-0.25, -0.2) is 4.79 Å². The zero-order chi connectivity index (χ0) is 17.5. The lowest BCUT2D eigenvalue weighted by atomic mass is 10.1. The lowest BCUT2D eigenvalue weighted by molar-refractivity contribution is 0.105. The number of rotatable bonds is 4. The molecule has 0 spiro atoms. The summed E-state index contributed by atoms with van der Waals surface area (Å²) in [5.41, 5.74) is 0. The van der Waals surface area contributed by atoms with E-state index in [4.69, 9.17) is 4.74 Å². The normalized spacial score (nSPS) is 19.4. The van der Waals surface area contributed by atoms with E-state index in [9.17, 15) is 4.79 Å². The highest BCUT2D eigenvalue weighted by atomic mass is 16.6. The van der Waals surface area contributed by atoms with Crippen LogP contribution in [0.2, 0.25) is 0 Å². The second kappa shape index (κ2) is 8.82. The van der Waals surface area contributed by atoms with Gasteiger partial charge in [-0.05, 0) is 19.8 Å². The minimum Gasteiger partial charge on any atom is -0.450 e. The minimum absolute atomic E-state index is 0.245. The number of nitrogens with zero attached hydrogens (tertiary/aromatic N) is 5. The molecule has 1 aliphatic heterocycles. The van der Waals surface area contributed by atoms with Crippen LogP contribution in [0.15, 0.2) is 6.20 Å². The van der Waals surface area contributed by atoms with Crippen molar-refractivity contribution in [2.75, 3.05) is 43.0 Å². The number of nitrogens with one attached hydrogen (secondary N) is 1. The number of aromatic nitrogens is 3. The van der Waals surface area contributed by atoms with Gasteiger partial charge in [-0.1, -0.05) is 25.7 Å². The van der Waals surface area contributed by atoms with Gasteiger partial charge < -0.3 is 19.9 Å². The summed E-state index contributed by atoms with van der Waals surface area (Å²) in [6.07, 6.45) is 9.05. The highest BCUT2D eigenvalue weighted by Gasteiger charge is 2.24. The average Bonchev–Trinajstić information content (AvgIpc) is 2.91. The van der Waals surface area contributed by atoms with E-state index in [0.717, 1.165) is 5.82 Å². The highest BCUT2D eigenvalue weighted by molar-refractivity contribution is 5.68. The second-order valence-electron chi connectivity index (χ2n) is 6.65. The molecule has 2 heterocycles. The number of anilines is 2. The smallest absolute Gasteiger partial charge is 0.409 e. The number of carbonyl (C=O) groups is 1. The van der Waals surface area contributed by atoms with Gasteiger partial charge in [-0.2, -0.15) is 10.1 Å². The van der Waals surface area contributed by atoms with Crippen molar-refractivity contribution in [3.05, 3.63) is 6.20 Å². The summed E-state index contributed by atoms with van der Waals surface area (Å²) >= 11 is 0. The fourth-order valence-corrected chi connectivity index (χ4v) is 3.43. The van der Waals surface area contributed by atoms with E-state index in [1.807, 2.05) is 6.92 Å². The fourth-order valence-electron chi connectivity index (χ4n) is 3.43. The van der Waals surface area contributed by atoms with Crippen molar-refractivity contribution in [2.45, 2.75) is 51.5 Å². The number of amides is 1. The van der Waals surface area contributed by atoms with Crippen LogP contribution in [0.3, 0.4) is 0 Å². The third-order valence-corrected chi connectivity index (χ3v) is 4.84. The molecule has 0 radical (unpaired) electrons. The number of ether oxygens (including phenoxy) is 1. The number of piperazine rings is 1. The van der Waals surface area contributed by atoms with Crippen LogP contribution in [0.5, 0.6) is 0 Å². The zero-order valence-corrected chi connectivity index (χ0v) is 15.0. The van der Waals surface area contributed by atoms with E-state index in [1.165, 1.54) is 38.5 Å². The van der Waals surface area contributed by atoms with Crippen molar-refractivity contribution < 1.29 is 9.53 Å². The van der Waals surface area contributed by atoms with Gasteiger partial charge in [0.05, 0.1) is 12.8 Å². The second-order valence-corrected chi connectivity index (χ2v) is 6.65. The van der Waals surface area contributed by atoms with Gasteiger partial charge in [0.1, 0.15) is 0 Å². The van der Waals surface area contributed by atoms with Gasteiger partial charge in [0, 0.05) is 32.2 Å². The Hall–Kier alpha value is -2.12. The van der Waals surface area contributed by atoms with Crippen LogP contribution in [0.1, 0.15) is 45.4 Å². The molecule has 1 aromatic rings. The molecule has 138 valence electrons. The predicted octanol–water partition coefficient (Wildman–Crippen LogP) is 2.28. The average molecular weight is 348 g/mol. The number of hydrogen-bond donors (Lipinski definition) is 1. The van der Waals surface area contributed by atoms with E-state index in [-0.39, 0.29) is 6.09 Å². The molecule has 0 bridgehead atoms. The van der Waals surface area contributed by atoms with Crippen LogP contribution in [-0.2, 0) is 4.74 Å². The molecule has 8 nitrogen and oxygen atoms in total.